The van der Waals surface area contributed by atoms with Gasteiger partial charge >= 0.3 is 0 Å². The minimum absolute atomic E-state index is 0.0614. The smallest absolute Gasteiger partial charge is 0.119 e. The van der Waals surface area contributed by atoms with E-state index in [1.165, 1.54) is 4.88 Å². The van der Waals surface area contributed by atoms with Crippen molar-refractivity contribution >= 4 is 11.3 Å². The predicted molar refractivity (Wildman–Crippen MR) is 75.1 cm³/mol. The van der Waals surface area contributed by atoms with E-state index < -0.39 is 0 Å². The average molecular weight is 262 g/mol. The van der Waals surface area contributed by atoms with E-state index >= 15 is 0 Å². The number of thiazole rings is 1. The van der Waals surface area contributed by atoms with E-state index in [1.54, 1.807) is 11.3 Å². The molecule has 0 spiro atoms. The molecule has 18 heavy (non-hydrogen) atoms. The van der Waals surface area contributed by atoms with Crippen LogP contribution >= 0.6 is 11.3 Å². The van der Waals surface area contributed by atoms with Crippen LogP contribution in [0.3, 0.4) is 0 Å². The number of nitrogens with two attached hydrogens (primary N) is 1. The summed E-state index contributed by atoms with van der Waals surface area (Å²) in [5, 5.41) is 1.09. The third-order valence-corrected chi connectivity index (χ3v) is 4.04. The monoisotopic (exact) mass is 262 g/mol. The molecular weight excluding hydrogens is 244 g/mol. The van der Waals surface area contributed by atoms with Gasteiger partial charge in [0.05, 0.1) is 17.3 Å². The van der Waals surface area contributed by atoms with Gasteiger partial charge in [-0.15, -0.1) is 11.3 Å². The minimum Gasteiger partial charge on any atom is -0.493 e. The van der Waals surface area contributed by atoms with Crippen molar-refractivity contribution in [3.05, 3.63) is 45.9 Å². The molecule has 2 N–H and O–H groups in total. The zero-order chi connectivity index (χ0) is 13.0. The lowest BCUT2D eigenvalue weighted by Crippen LogP contribution is -2.03. The SMILES string of the molecule is Cc1nc(CCOc2ccccc2)sc1C(C)N. The molecule has 1 atom stereocenters. The maximum atomic E-state index is 5.89. The molecule has 4 heteroatoms. The van der Waals surface area contributed by atoms with Crippen molar-refractivity contribution in [2.24, 2.45) is 5.73 Å². The summed E-state index contributed by atoms with van der Waals surface area (Å²) in [6.07, 6.45) is 0.827. The van der Waals surface area contributed by atoms with Crippen molar-refractivity contribution in [2.45, 2.75) is 26.3 Å². The van der Waals surface area contributed by atoms with Gasteiger partial charge in [0, 0.05) is 17.3 Å². The molecule has 2 rings (SSSR count). The van der Waals surface area contributed by atoms with E-state index in [1.807, 2.05) is 44.2 Å². The number of aromatic nitrogens is 1. The van der Waals surface area contributed by atoms with E-state index in [9.17, 15) is 0 Å². The number of aryl methyl sites for hydroxylation is 1. The topological polar surface area (TPSA) is 48.1 Å². The molecule has 0 bridgehead atoms. The number of benzene rings is 1. The second-order valence-corrected chi connectivity index (χ2v) is 5.37. The molecule has 0 radical (unpaired) electrons. The highest BCUT2D eigenvalue weighted by Crippen LogP contribution is 2.23. The molecule has 0 aliphatic rings. The Hall–Kier alpha value is -1.39. The van der Waals surface area contributed by atoms with Crippen molar-refractivity contribution in [3.63, 3.8) is 0 Å². The Morgan fingerprint density at radius 3 is 2.67 bits per heavy atom. The lowest BCUT2D eigenvalue weighted by Gasteiger charge is -2.03. The van der Waals surface area contributed by atoms with Gasteiger partial charge in [-0.3, -0.25) is 0 Å². The highest BCUT2D eigenvalue weighted by Gasteiger charge is 2.10. The molecule has 0 aliphatic carbocycles. The van der Waals surface area contributed by atoms with Crippen molar-refractivity contribution in [2.75, 3.05) is 6.61 Å². The summed E-state index contributed by atoms with van der Waals surface area (Å²) in [6.45, 7) is 4.65. The molecule has 0 amide bonds. The highest BCUT2D eigenvalue weighted by atomic mass is 32.1. The first-order valence-corrected chi connectivity index (χ1v) is 6.88. The van der Waals surface area contributed by atoms with Gasteiger partial charge in [-0.25, -0.2) is 4.98 Å². The Bertz CT molecular complexity index is 494. The standard InChI is InChI=1S/C14H18N2OS/c1-10(15)14-11(2)16-13(18-14)8-9-17-12-6-4-3-5-7-12/h3-7,10H,8-9,15H2,1-2H3. The lowest BCUT2D eigenvalue weighted by molar-refractivity contribution is 0.321. The van der Waals surface area contributed by atoms with Crippen molar-refractivity contribution in [1.29, 1.82) is 0 Å². The van der Waals surface area contributed by atoms with Crippen LogP contribution in [-0.2, 0) is 6.42 Å². The Kier molecular flexibility index (Phi) is 4.33. The maximum Gasteiger partial charge on any atom is 0.119 e. The van der Waals surface area contributed by atoms with Crippen LogP contribution < -0.4 is 10.5 Å². The normalized spacial score (nSPS) is 12.4. The number of para-hydroxylation sites is 1. The molecular formula is C14H18N2OS. The number of hydrogen-bond acceptors (Lipinski definition) is 4. The number of hydrogen-bond donors (Lipinski definition) is 1. The Morgan fingerprint density at radius 2 is 2.06 bits per heavy atom. The molecule has 0 fully saturated rings. The molecule has 96 valence electrons. The summed E-state index contributed by atoms with van der Waals surface area (Å²) < 4.78 is 5.65. The number of rotatable bonds is 5. The van der Waals surface area contributed by atoms with Crippen molar-refractivity contribution in [1.82, 2.24) is 4.98 Å². The third kappa shape index (κ3) is 3.31. The Morgan fingerprint density at radius 1 is 1.33 bits per heavy atom. The van der Waals surface area contributed by atoms with Gasteiger partial charge in [0.2, 0.25) is 0 Å². The van der Waals surface area contributed by atoms with Gasteiger partial charge in [0.1, 0.15) is 5.75 Å². The summed E-state index contributed by atoms with van der Waals surface area (Å²) in [5.74, 6) is 0.901. The first-order chi connectivity index (χ1) is 8.66. The number of nitrogens with zero attached hydrogens (tertiary/aromatic N) is 1. The second-order valence-electron chi connectivity index (χ2n) is 4.26. The van der Waals surface area contributed by atoms with Gasteiger partial charge < -0.3 is 10.5 Å². The molecule has 0 saturated carbocycles. The third-order valence-electron chi connectivity index (χ3n) is 2.62. The quantitative estimate of drug-likeness (QED) is 0.900. The van der Waals surface area contributed by atoms with Crippen LogP contribution in [0.2, 0.25) is 0 Å². The zero-order valence-electron chi connectivity index (χ0n) is 10.7. The van der Waals surface area contributed by atoms with Crippen LogP contribution in [-0.4, -0.2) is 11.6 Å². The first-order valence-electron chi connectivity index (χ1n) is 6.06. The second kappa shape index (κ2) is 5.98. The summed E-state index contributed by atoms with van der Waals surface area (Å²) in [6, 6.07) is 9.90. The van der Waals surface area contributed by atoms with Gasteiger partial charge in [-0.05, 0) is 26.0 Å². The van der Waals surface area contributed by atoms with Gasteiger partial charge in [0.15, 0.2) is 0 Å². The van der Waals surface area contributed by atoms with Crippen LogP contribution in [0.4, 0.5) is 0 Å². The van der Waals surface area contributed by atoms with Crippen LogP contribution in [0, 0.1) is 6.92 Å². The first kappa shape index (κ1) is 13.1. The number of ether oxygens (including phenoxy) is 1. The van der Waals surface area contributed by atoms with Crippen LogP contribution in [0.1, 0.15) is 28.5 Å². The van der Waals surface area contributed by atoms with Crippen LogP contribution in [0.25, 0.3) is 0 Å². The van der Waals surface area contributed by atoms with Crippen LogP contribution in [0.5, 0.6) is 5.75 Å². The molecule has 1 unspecified atom stereocenters. The van der Waals surface area contributed by atoms with E-state index in [4.69, 9.17) is 10.5 Å². The molecule has 1 aromatic carbocycles. The van der Waals surface area contributed by atoms with Gasteiger partial charge in [0.25, 0.3) is 0 Å². The molecule has 3 nitrogen and oxygen atoms in total. The van der Waals surface area contributed by atoms with E-state index in [2.05, 4.69) is 4.98 Å². The molecule has 1 heterocycles. The van der Waals surface area contributed by atoms with E-state index in [0.29, 0.717) is 6.61 Å². The minimum atomic E-state index is 0.0614. The van der Waals surface area contributed by atoms with Gasteiger partial charge in [-0.1, -0.05) is 18.2 Å². The summed E-state index contributed by atoms with van der Waals surface area (Å²) in [5.41, 5.74) is 6.93. The maximum absolute atomic E-state index is 5.89. The average Bonchev–Trinajstić information content (AvgIpc) is 2.72. The highest BCUT2D eigenvalue weighted by molar-refractivity contribution is 7.11. The largest absolute Gasteiger partial charge is 0.493 e. The molecule has 0 saturated heterocycles. The molecule has 2 aromatic rings. The summed E-state index contributed by atoms with van der Waals surface area (Å²) in [4.78, 5) is 5.69. The van der Waals surface area contributed by atoms with Crippen molar-refractivity contribution in [3.8, 4) is 5.75 Å². The van der Waals surface area contributed by atoms with Crippen molar-refractivity contribution < 1.29 is 4.74 Å². The summed E-state index contributed by atoms with van der Waals surface area (Å²) in [7, 11) is 0. The lowest BCUT2D eigenvalue weighted by atomic mass is 10.2. The Balaban J connectivity index is 1.89. The Labute approximate surface area is 112 Å². The van der Waals surface area contributed by atoms with Gasteiger partial charge in [-0.2, -0.15) is 0 Å². The summed E-state index contributed by atoms with van der Waals surface area (Å²) >= 11 is 1.69. The van der Waals surface area contributed by atoms with Crippen LogP contribution in [0.15, 0.2) is 30.3 Å². The fraction of sp³-hybridized carbons (Fsp3) is 0.357. The zero-order valence-corrected chi connectivity index (χ0v) is 11.5. The molecule has 1 aromatic heterocycles. The van der Waals surface area contributed by atoms with E-state index in [0.717, 1.165) is 22.9 Å². The predicted octanol–water partition coefficient (Wildman–Crippen LogP) is 3.09. The fourth-order valence-corrected chi connectivity index (χ4v) is 2.77. The molecule has 0 aliphatic heterocycles. The van der Waals surface area contributed by atoms with E-state index in [-0.39, 0.29) is 6.04 Å². The fourth-order valence-electron chi connectivity index (χ4n) is 1.77.